The first kappa shape index (κ1) is 13.4. The number of thiazole rings is 1. The number of carbonyl (C=O) groups is 2. The first-order valence-corrected chi connectivity index (χ1v) is 6.03. The van der Waals surface area contributed by atoms with Gasteiger partial charge in [-0.2, -0.15) is 0 Å². The van der Waals surface area contributed by atoms with Crippen LogP contribution in [-0.4, -0.2) is 40.1 Å². The van der Waals surface area contributed by atoms with Crippen molar-refractivity contribution in [2.24, 2.45) is 0 Å². The lowest BCUT2D eigenvalue weighted by Gasteiger charge is -2.19. The number of aliphatic carboxylic acids is 1. The number of nitrogens with one attached hydrogen (secondary N) is 1. The van der Waals surface area contributed by atoms with Gasteiger partial charge in [0, 0.05) is 18.5 Å². The van der Waals surface area contributed by atoms with Crippen LogP contribution in [-0.2, 0) is 11.3 Å². The molecule has 0 aliphatic rings. The van der Waals surface area contributed by atoms with Crippen LogP contribution in [0.3, 0.4) is 0 Å². The summed E-state index contributed by atoms with van der Waals surface area (Å²) >= 11 is 1.47. The number of carboxylic acids is 1. The third-order valence-corrected chi connectivity index (χ3v) is 2.72. The van der Waals surface area contributed by atoms with Gasteiger partial charge < -0.3 is 15.3 Å². The molecular formula is C10H15N3O3S. The summed E-state index contributed by atoms with van der Waals surface area (Å²) < 4.78 is 0. The number of nitrogens with zero attached hydrogens (tertiary/aromatic N) is 2. The molecule has 1 aromatic rings. The van der Waals surface area contributed by atoms with E-state index in [1.165, 1.54) is 16.2 Å². The molecule has 6 nitrogen and oxygen atoms in total. The Morgan fingerprint density at radius 1 is 1.65 bits per heavy atom. The summed E-state index contributed by atoms with van der Waals surface area (Å²) in [6.07, 6.45) is -0.0870. The summed E-state index contributed by atoms with van der Waals surface area (Å²) in [5, 5.41) is 13.0. The van der Waals surface area contributed by atoms with E-state index in [1.54, 1.807) is 19.5 Å². The normalized spacial score (nSPS) is 11.9. The Labute approximate surface area is 103 Å². The molecule has 0 spiro atoms. The van der Waals surface area contributed by atoms with Gasteiger partial charge in [-0.1, -0.05) is 0 Å². The summed E-state index contributed by atoms with van der Waals surface area (Å²) in [7, 11) is 1.64. The van der Waals surface area contributed by atoms with E-state index in [-0.39, 0.29) is 12.5 Å². The summed E-state index contributed by atoms with van der Waals surface area (Å²) in [4.78, 5) is 27.6. The first-order valence-electron chi connectivity index (χ1n) is 5.09. The molecule has 0 fully saturated rings. The monoisotopic (exact) mass is 257 g/mol. The molecule has 1 unspecified atom stereocenters. The second-order valence-electron chi connectivity index (χ2n) is 3.78. The molecule has 2 amide bonds. The minimum atomic E-state index is -0.931. The molecule has 1 rings (SSSR count). The van der Waals surface area contributed by atoms with Crippen molar-refractivity contribution in [1.82, 2.24) is 15.2 Å². The van der Waals surface area contributed by atoms with Gasteiger partial charge in [0.15, 0.2) is 0 Å². The lowest BCUT2D eigenvalue weighted by Crippen LogP contribution is -2.42. The molecule has 2 N–H and O–H groups in total. The molecule has 0 aliphatic carbocycles. The van der Waals surface area contributed by atoms with Gasteiger partial charge >= 0.3 is 12.0 Å². The van der Waals surface area contributed by atoms with Crippen molar-refractivity contribution >= 4 is 23.3 Å². The van der Waals surface area contributed by atoms with Crippen LogP contribution in [0, 0.1) is 0 Å². The van der Waals surface area contributed by atoms with Gasteiger partial charge in [0.2, 0.25) is 0 Å². The van der Waals surface area contributed by atoms with Crippen LogP contribution < -0.4 is 5.32 Å². The fraction of sp³-hybridized carbons (Fsp3) is 0.500. The topological polar surface area (TPSA) is 82.5 Å². The molecule has 94 valence electrons. The highest BCUT2D eigenvalue weighted by atomic mass is 32.1. The minimum Gasteiger partial charge on any atom is -0.481 e. The van der Waals surface area contributed by atoms with Crippen LogP contribution in [0.25, 0.3) is 0 Å². The zero-order valence-electron chi connectivity index (χ0n) is 9.71. The molecule has 0 aliphatic heterocycles. The Kier molecular flexibility index (Phi) is 4.89. The van der Waals surface area contributed by atoms with Crippen molar-refractivity contribution in [2.45, 2.75) is 25.9 Å². The largest absolute Gasteiger partial charge is 0.481 e. The van der Waals surface area contributed by atoms with Crippen LogP contribution in [0.5, 0.6) is 0 Å². The first-order chi connectivity index (χ1) is 7.99. The van der Waals surface area contributed by atoms with Gasteiger partial charge in [-0.15, -0.1) is 11.3 Å². The Balaban J connectivity index is 2.39. The van der Waals surface area contributed by atoms with E-state index >= 15 is 0 Å². The average molecular weight is 257 g/mol. The fourth-order valence-electron chi connectivity index (χ4n) is 1.26. The minimum absolute atomic E-state index is 0.0870. The highest BCUT2D eigenvalue weighted by molar-refractivity contribution is 7.07. The molecule has 0 saturated heterocycles. The number of carbonyl (C=O) groups excluding carboxylic acids is 1. The maximum Gasteiger partial charge on any atom is 0.317 e. The smallest absolute Gasteiger partial charge is 0.317 e. The van der Waals surface area contributed by atoms with Crippen LogP contribution in [0.1, 0.15) is 19.0 Å². The van der Waals surface area contributed by atoms with Crippen LogP contribution in [0.15, 0.2) is 10.9 Å². The van der Waals surface area contributed by atoms with Gasteiger partial charge in [-0.05, 0) is 6.92 Å². The van der Waals surface area contributed by atoms with Gasteiger partial charge in [0.05, 0.1) is 24.2 Å². The van der Waals surface area contributed by atoms with E-state index in [0.717, 1.165) is 5.69 Å². The number of carboxylic acid groups (broad SMARTS) is 1. The van der Waals surface area contributed by atoms with Crippen LogP contribution in [0.4, 0.5) is 4.79 Å². The number of amides is 2. The predicted molar refractivity (Wildman–Crippen MR) is 63.8 cm³/mol. The number of aromatic nitrogens is 1. The molecule has 0 saturated carbocycles. The number of rotatable bonds is 5. The molecule has 0 radical (unpaired) electrons. The Morgan fingerprint density at radius 2 is 2.35 bits per heavy atom. The summed E-state index contributed by atoms with van der Waals surface area (Å²) in [5.41, 5.74) is 2.52. The highest BCUT2D eigenvalue weighted by Crippen LogP contribution is 2.04. The van der Waals surface area contributed by atoms with E-state index in [1.807, 2.05) is 5.38 Å². The lowest BCUT2D eigenvalue weighted by molar-refractivity contribution is -0.137. The summed E-state index contributed by atoms with van der Waals surface area (Å²) in [6, 6.07) is -0.690. The zero-order valence-corrected chi connectivity index (χ0v) is 10.5. The molecule has 1 heterocycles. The molecule has 7 heteroatoms. The van der Waals surface area contributed by atoms with Crippen LogP contribution in [0.2, 0.25) is 0 Å². The number of hydrogen-bond acceptors (Lipinski definition) is 4. The quantitative estimate of drug-likeness (QED) is 0.829. The van der Waals surface area contributed by atoms with Gasteiger partial charge in [0.25, 0.3) is 0 Å². The second kappa shape index (κ2) is 6.19. The van der Waals surface area contributed by atoms with E-state index in [2.05, 4.69) is 10.3 Å². The third kappa shape index (κ3) is 4.81. The molecule has 1 atom stereocenters. The molecule has 1 aromatic heterocycles. The second-order valence-corrected chi connectivity index (χ2v) is 4.50. The van der Waals surface area contributed by atoms with Crippen molar-refractivity contribution < 1.29 is 14.7 Å². The van der Waals surface area contributed by atoms with Crippen molar-refractivity contribution in [3.05, 3.63) is 16.6 Å². The summed E-state index contributed by atoms with van der Waals surface area (Å²) in [6.45, 7) is 2.07. The highest BCUT2D eigenvalue weighted by Gasteiger charge is 2.14. The standard InChI is InChI=1S/C10H15N3O3S/c1-7(3-9(14)15)12-10(16)13(2)4-8-5-17-6-11-8/h5-7H,3-4H2,1-2H3,(H,12,16)(H,14,15). The molecule has 0 bridgehead atoms. The molecule has 0 aromatic carbocycles. The van der Waals surface area contributed by atoms with E-state index in [9.17, 15) is 9.59 Å². The van der Waals surface area contributed by atoms with Gasteiger partial charge in [-0.25, -0.2) is 9.78 Å². The number of urea groups is 1. The summed E-state index contributed by atoms with van der Waals surface area (Å²) in [5.74, 6) is -0.931. The predicted octanol–water partition coefficient (Wildman–Crippen LogP) is 1.15. The maximum absolute atomic E-state index is 11.7. The van der Waals surface area contributed by atoms with Crippen molar-refractivity contribution in [2.75, 3.05) is 7.05 Å². The Morgan fingerprint density at radius 3 is 2.88 bits per heavy atom. The van der Waals surface area contributed by atoms with Gasteiger partial charge in [-0.3, -0.25) is 4.79 Å². The lowest BCUT2D eigenvalue weighted by atomic mass is 10.2. The number of hydrogen-bond donors (Lipinski definition) is 2. The van der Waals surface area contributed by atoms with Gasteiger partial charge in [0.1, 0.15) is 0 Å². The van der Waals surface area contributed by atoms with E-state index in [4.69, 9.17) is 5.11 Å². The Hall–Kier alpha value is -1.63. The molecular weight excluding hydrogens is 242 g/mol. The van der Waals surface area contributed by atoms with E-state index in [0.29, 0.717) is 6.54 Å². The van der Waals surface area contributed by atoms with Crippen molar-refractivity contribution in [1.29, 1.82) is 0 Å². The maximum atomic E-state index is 11.7. The van der Waals surface area contributed by atoms with Crippen LogP contribution >= 0.6 is 11.3 Å². The average Bonchev–Trinajstić information content (AvgIpc) is 2.68. The zero-order chi connectivity index (χ0) is 12.8. The molecule has 17 heavy (non-hydrogen) atoms. The Bertz CT molecular complexity index is 380. The van der Waals surface area contributed by atoms with E-state index < -0.39 is 12.0 Å². The SMILES string of the molecule is CC(CC(=O)O)NC(=O)N(C)Cc1cscn1. The van der Waals surface area contributed by atoms with Crippen molar-refractivity contribution in [3.63, 3.8) is 0 Å². The van der Waals surface area contributed by atoms with Crippen molar-refractivity contribution in [3.8, 4) is 0 Å². The fourth-order valence-corrected chi connectivity index (χ4v) is 1.81. The third-order valence-electron chi connectivity index (χ3n) is 2.08.